The van der Waals surface area contributed by atoms with Crippen LogP contribution in [0.25, 0.3) is 0 Å². The highest BCUT2D eigenvalue weighted by Crippen LogP contribution is 2.27. The molecule has 1 saturated heterocycles. The van der Waals surface area contributed by atoms with E-state index in [-0.39, 0.29) is 11.9 Å². The molecule has 0 spiro atoms. The molecule has 1 saturated carbocycles. The molecule has 2 aliphatic rings. The van der Waals surface area contributed by atoms with E-state index in [0.29, 0.717) is 17.7 Å². The van der Waals surface area contributed by atoms with E-state index in [4.69, 9.17) is 4.52 Å². The van der Waals surface area contributed by atoms with Crippen molar-refractivity contribution in [3.8, 4) is 0 Å². The fraction of sp³-hybridized carbons (Fsp3) is 0.789. The first-order valence-corrected chi connectivity index (χ1v) is 9.72. The first-order chi connectivity index (χ1) is 11.7. The molecule has 0 aromatic carbocycles. The maximum absolute atomic E-state index is 12.4. The van der Waals surface area contributed by atoms with Crippen LogP contribution in [0.5, 0.6) is 0 Å². The molecule has 0 radical (unpaired) electrons. The minimum Gasteiger partial charge on any atom is -0.351 e. The Labute approximate surface area is 145 Å². The molecule has 1 aromatic heterocycles. The summed E-state index contributed by atoms with van der Waals surface area (Å²) < 4.78 is 5.29. The first-order valence-electron chi connectivity index (χ1n) is 9.72. The molecule has 5 nitrogen and oxygen atoms in total. The number of nitrogens with one attached hydrogen (secondary N) is 1. The summed E-state index contributed by atoms with van der Waals surface area (Å²) in [6, 6.07) is 2.74. The van der Waals surface area contributed by atoms with Crippen molar-refractivity contribution in [1.82, 2.24) is 15.4 Å². The fourth-order valence-electron chi connectivity index (χ4n) is 4.26. The largest absolute Gasteiger partial charge is 0.351 e. The molecule has 5 heteroatoms. The molecule has 2 atom stereocenters. The van der Waals surface area contributed by atoms with Crippen molar-refractivity contribution in [2.45, 2.75) is 83.2 Å². The van der Waals surface area contributed by atoms with Gasteiger partial charge in [0.05, 0.1) is 5.69 Å². The molecule has 3 rings (SSSR count). The summed E-state index contributed by atoms with van der Waals surface area (Å²) in [4.78, 5) is 15.1. The highest BCUT2D eigenvalue weighted by atomic mass is 16.5. The molecule has 0 unspecified atom stereocenters. The van der Waals surface area contributed by atoms with Crippen LogP contribution >= 0.6 is 0 Å². The van der Waals surface area contributed by atoms with Gasteiger partial charge in [0.2, 0.25) is 5.76 Å². The Morgan fingerprint density at radius 2 is 2.04 bits per heavy atom. The van der Waals surface area contributed by atoms with Gasteiger partial charge < -0.3 is 14.7 Å². The Morgan fingerprint density at radius 1 is 1.29 bits per heavy atom. The average Bonchev–Trinajstić information content (AvgIpc) is 3.27. The van der Waals surface area contributed by atoms with Gasteiger partial charge in [-0.1, -0.05) is 25.4 Å². The molecule has 24 heavy (non-hydrogen) atoms. The van der Waals surface area contributed by atoms with Crippen molar-refractivity contribution in [2.24, 2.45) is 0 Å². The summed E-state index contributed by atoms with van der Waals surface area (Å²) in [5.74, 6) is 0.632. The van der Waals surface area contributed by atoms with Crippen LogP contribution in [0.15, 0.2) is 10.6 Å². The zero-order chi connectivity index (χ0) is 16.9. The summed E-state index contributed by atoms with van der Waals surface area (Å²) in [5.41, 5.74) is 0.905. The van der Waals surface area contributed by atoms with Gasteiger partial charge >= 0.3 is 0 Å². The quantitative estimate of drug-likeness (QED) is 0.862. The second kappa shape index (κ2) is 8.15. The molecule has 1 aliphatic heterocycles. The van der Waals surface area contributed by atoms with Gasteiger partial charge in [-0.15, -0.1) is 0 Å². The van der Waals surface area contributed by atoms with Crippen LogP contribution < -0.4 is 5.32 Å². The van der Waals surface area contributed by atoms with Crippen molar-refractivity contribution in [3.05, 3.63) is 17.5 Å². The monoisotopic (exact) mass is 333 g/mol. The maximum atomic E-state index is 12.4. The molecule has 2 heterocycles. The van der Waals surface area contributed by atoms with Gasteiger partial charge in [-0.2, -0.15) is 0 Å². The van der Waals surface area contributed by atoms with Crippen molar-refractivity contribution in [2.75, 3.05) is 13.1 Å². The molecular formula is C19H31N3O2. The minimum atomic E-state index is -0.107. The molecule has 1 N–H and O–H groups in total. The standard InChI is InChI=1S/C19H31N3O2/c1-3-14(4-2)17-13-18(24-21-17)19(23)20-15-8-9-16(12-15)22-10-6-5-7-11-22/h13-16H,3-12H2,1-2H3,(H,20,23)/t15-,16-/m0/s1. The molecule has 1 aromatic rings. The topological polar surface area (TPSA) is 58.4 Å². The molecular weight excluding hydrogens is 302 g/mol. The lowest BCUT2D eigenvalue weighted by Crippen LogP contribution is -2.39. The van der Waals surface area contributed by atoms with Gasteiger partial charge in [0, 0.05) is 24.1 Å². The van der Waals surface area contributed by atoms with Gasteiger partial charge in [-0.05, 0) is 58.0 Å². The number of likely N-dealkylation sites (tertiary alicyclic amines) is 1. The fourth-order valence-corrected chi connectivity index (χ4v) is 4.26. The number of nitrogens with zero attached hydrogens (tertiary/aromatic N) is 2. The summed E-state index contributed by atoms with van der Waals surface area (Å²) in [7, 11) is 0. The predicted molar refractivity (Wildman–Crippen MR) is 94.1 cm³/mol. The summed E-state index contributed by atoms with van der Waals surface area (Å²) >= 11 is 0. The number of aromatic nitrogens is 1. The second-order valence-electron chi connectivity index (χ2n) is 7.36. The van der Waals surface area contributed by atoms with Crippen LogP contribution in [-0.2, 0) is 0 Å². The van der Waals surface area contributed by atoms with Crippen LogP contribution in [0.3, 0.4) is 0 Å². The Hall–Kier alpha value is -1.36. The average molecular weight is 333 g/mol. The van der Waals surface area contributed by atoms with Gasteiger partial charge in [0.25, 0.3) is 5.91 Å². The maximum Gasteiger partial charge on any atom is 0.290 e. The summed E-state index contributed by atoms with van der Waals surface area (Å²) in [6.45, 7) is 6.74. The van der Waals surface area contributed by atoms with Crippen LogP contribution in [0.4, 0.5) is 0 Å². The third-order valence-electron chi connectivity index (χ3n) is 5.80. The molecule has 2 fully saturated rings. The van der Waals surface area contributed by atoms with E-state index in [2.05, 4.69) is 29.2 Å². The van der Waals surface area contributed by atoms with Crippen LogP contribution in [-0.4, -0.2) is 41.1 Å². The van der Waals surface area contributed by atoms with E-state index < -0.39 is 0 Å². The number of rotatable bonds is 6. The van der Waals surface area contributed by atoms with E-state index in [1.54, 1.807) is 0 Å². The Balaban J connectivity index is 1.52. The van der Waals surface area contributed by atoms with Gasteiger partial charge in [-0.3, -0.25) is 4.79 Å². The van der Waals surface area contributed by atoms with Crippen molar-refractivity contribution in [1.29, 1.82) is 0 Å². The normalized spacial score (nSPS) is 25.3. The molecule has 134 valence electrons. The highest BCUT2D eigenvalue weighted by molar-refractivity contribution is 5.91. The Morgan fingerprint density at radius 3 is 2.75 bits per heavy atom. The SMILES string of the molecule is CCC(CC)c1cc(C(=O)N[C@H]2CC[C@H](N3CCCCC3)C2)on1. The zero-order valence-electron chi connectivity index (χ0n) is 15.1. The van der Waals surface area contributed by atoms with Crippen LogP contribution in [0, 0.1) is 0 Å². The van der Waals surface area contributed by atoms with Crippen LogP contribution in [0.2, 0.25) is 0 Å². The molecule has 1 aliphatic carbocycles. The van der Waals surface area contributed by atoms with E-state index in [1.165, 1.54) is 38.8 Å². The van der Waals surface area contributed by atoms with E-state index >= 15 is 0 Å². The molecule has 1 amide bonds. The van der Waals surface area contributed by atoms with Crippen molar-refractivity contribution >= 4 is 5.91 Å². The highest BCUT2D eigenvalue weighted by Gasteiger charge is 2.31. The number of amides is 1. The lowest BCUT2D eigenvalue weighted by atomic mass is 9.99. The summed E-state index contributed by atoms with van der Waals surface area (Å²) in [6.07, 6.45) is 9.39. The lowest BCUT2D eigenvalue weighted by molar-refractivity contribution is 0.0897. The smallest absolute Gasteiger partial charge is 0.290 e. The number of hydrogen-bond donors (Lipinski definition) is 1. The Bertz CT molecular complexity index is 532. The minimum absolute atomic E-state index is 0.107. The van der Waals surface area contributed by atoms with E-state index in [0.717, 1.165) is 31.4 Å². The number of piperidine rings is 1. The van der Waals surface area contributed by atoms with Crippen molar-refractivity contribution < 1.29 is 9.32 Å². The number of carbonyl (C=O) groups is 1. The van der Waals surface area contributed by atoms with Crippen LogP contribution in [0.1, 0.15) is 87.4 Å². The van der Waals surface area contributed by atoms with Crippen molar-refractivity contribution in [3.63, 3.8) is 0 Å². The predicted octanol–water partition coefficient (Wildman–Crippen LogP) is 3.72. The second-order valence-corrected chi connectivity index (χ2v) is 7.36. The summed E-state index contributed by atoms with van der Waals surface area (Å²) in [5, 5.41) is 7.25. The first kappa shape index (κ1) is 17.5. The Kier molecular flexibility index (Phi) is 5.93. The molecule has 0 bridgehead atoms. The third-order valence-corrected chi connectivity index (χ3v) is 5.80. The van der Waals surface area contributed by atoms with Gasteiger partial charge in [-0.25, -0.2) is 0 Å². The van der Waals surface area contributed by atoms with E-state index in [1.807, 2.05) is 6.07 Å². The van der Waals surface area contributed by atoms with Gasteiger partial charge in [0.15, 0.2) is 0 Å². The number of carbonyl (C=O) groups excluding carboxylic acids is 1. The van der Waals surface area contributed by atoms with E-state index in [9.17, 15) is 4.79 Å². The third kappa shape index (κ3) is 4.00. The van der Waals surface area contributed by atoms with Gasteiger partial charge in [0.1, 0.15) is 0 Å². The lowest BCUT2D eigenvalue weighted by Gasteiger charge is -2.32. The number of hydrogen-bond acceptors (Lipinski definition) is 4. The zero-order valence-corrected chi connectivity index (χ0v) is 15.1.